The number of piperazine rings is 1. The van der Waals surface area contributed by atoms with E-state index in [2.05, 4.69) is 121 Å². The van der Waals surface area contributed by atoms with Crippen molar-refractivity contribution in [2.75, 3.05) is 13.1 Å². The summed E-state index contributed by atoms with van der Waals surface area (Å²) < 4.78 is 2.39. The van der Waals surface area contributed by atoms with Gasteiger partial charge < -0.3 is 8.97 Å². The number of benzene rings is 4. The molecule has 0 aromatic heterocycles. The van der Waals surface area contributed by atoms with E-state index in [1.54, 1.807) is 0 Å². The summed E-state index contributed by atoms with van der Waals surface area (Å²) in [6.07, 6.45) is 5.41. The zero-order valence-corrected chi connectivity index (χ0v) is 22.7. The maximum absolute atomic E-state index is 2.35. The van der Waals surface area contributed by atoms with E-state index in [4.69, 9.17) is 0 Å². The molecule has 6 rings (SSSR count). The molecule has 0 radical (unpaired) electrons. The van der Waals surface area contributed by atoms with E-state index in [0.717, 1.165) is 26.2 Å². The third-order valence-corrected chi connectivity index (χ3v) is 9.45. The van der Waals surface area contributed by atoms with Crippen molar-refractivity contribution in [1.82, 2.24) is 0 Å². The second kappa shape index (κ2) is 11.3. The molecule has 1 aliphatic heterocycles. The van der Waals surface area contributed by atoms with Crippen molar-refractivity contribution in [2.45, 2.75) is 63.9 Å². The summed E-state index contributed by atoms with van der Waals surface area (Å²) >= 11 is 0. The normalized spacial score (nSPS) is 21.9. The summed E-state index contributed by atoms with van der Waals surface area (Å²) in [6, 6.07) is 46.6. The SMILES string of the molecule is c1ccc(C[N+]2(Cc3ccccc3)CC[N+](Cc3ccccc3)(Cc3ccccc3)[C@H]3CCCC[C@@H]32)cc1. The summed E-state index contributed by atoms with van der Waals surface area (Å²) in [4.78, 5) is 0. The van der Waals surface area contributed by atoms with Crippen LogP contribution in [0.5, 0.6) is 0 Å². The highest BCUT2D eigenvalue weighted by Gasteiger charge is 2.57. The smallest absolute Gasteiger partial charge is 0.142 e. The van der Waals surface area contributed by atoms with Crippen LogP contribution >= 0.6 is 0 Å². The number of rotatable bonds is 8. The molecule has 0 unspecified atom stereocenters. The van der Waals surface area contributed by atoms with Gasteiger partial charge in [-0.05, 0) is 12.8 Å². The van der Waals surface area contributed by atoms with Crippen LogP contribution in [0.15, 0.2) is 121 Å². The van der Waals surface area contributed by atoms with Crippen LogP contribution in [0.25, 0.3) is 0 Å². The predicted molar refractivity (Wildman–Crippen MR) is 157 cm³/mol. The molecule has 2 atom stereocenters. The third kappa shape index (κ3) is 5.34. The van der Waals surface area contributed by atoms with Crippen molar-refractivity contribution in [3.05, 3.63) is 144 Å². The zero-order chi connectivity index (χ0) is 25.7. The van der Waals surface area contributed by atoms with Gasteiger partial charge in [-0.25, -0.2) is 0 Å². The monoisotopic (exact) mass is 502 g/mol. The first-order valence-electron chi connectivity index (χ1n) is 14.6. The lowest BCUT2D eigenvalue weighted by atomic mass is 9.80. The molecule has 0 bridgehead atoms. The first-order valence-corrected chi connectivity index (χ1v) is 14.6. The van der Waals surface area contributed by atoms with E-state index in [1.807, 2.05) is 0 Å². The van der Waals surface area contributed by atoms with Gasteiger partial charge in [0, 0.05) is 35.1 Å². The highest BCUT2D eigenvalue weighted by atomic mass is 15.5. The van der Waals surface area contributed by atoms with Crippen LogP contribution in [0.2, 0.25) is 0 Å². The fourth-order valence-corrected chi connectivity index (χ4v) is 7.78. The molecule has 1 saturated carbocycles. The average Bonchev–Trinajstić information content (AvgIpc) is 2.98. The maximum Gasteiger partial charge on any atom is 0.142 e. The Kier molecular flexibility index (Phi) is 7.44. The van der Waals surface area contributed by atoms with E-state index in [0.29, 0.717) is 12.1 Å². The van der Waals surface area contributed by atoms with Gasteiger partial charge in [-0.15, -0.1) is 0 Å². The quantitative estimate of drug-likeness (QED) is 0.216. The number of hydrogen-bond donors (Lipinski definition) is 0. The lowest BCUT2D eigenvalue weighted by molar-refractivity contribution is -1.09. The number of hydrogen-bond acceptors (Lipinski definition) is 0. The Morgan fingerprint density at radius 2 is 0.658 bits per heavy atom. The van der Waals surface area contributed by atoms with Crippen molar-refractivity contribution < 1.29 is 8.97 Å². The molecular formula is C36H42N2+2. The number of quaternary nitrogens is 2. The molecule has 0 amide bonds. The Balaban J connectivity index is 1.42. The van der Waals surface area contributed by atoms with Crippen molar-refractivity contribution in [2.24, 2.45) is 0 Å². The zero-order valence-electron chi connectivity index (χ0n) is 22.7. The van der Waals surface area contributed by atoms with Gasteiger partial charge >= 0.3 is 0 Å². The van der Waals surface area contributed by atoms with E-state index >= 15 is 0 Å². The highest BCUT2D eigenvalue weighted by molar-refractivity contribution is 5.18. The lowest BCUT2D eigenvalue weighted by Crippen LogP contribution is -2.75. The van der Waals surface area contributed by atoms with Crippen LogP contribution in [0.3, 0.4) is 0 Å². The molecule has 1 saturated heterocycles. The summed E-state index contributed by atoms with van der Waals surface area (Å²) in [5.74, 6) is 0. The van der Waals surface area contributed by atoms with Gasteiger partial charge in [0.05, 0.1) is 0 Å². The van der Waals surface area contributed by atoms with Gasteiger partial charge in [-0.1, -0.05) is 121 Å². The Hall–Kier alpha value is -3.20. The van der Waals surface area contributed by atoms with E-state index in [-0.39, 0.29) is 0 Å². The molecule has 2 nitrogen and oxygen atoms in total. The van der Waals surface area contributed by atoms with Crippen molar-refractivity contribution >= 4 is 0 Å². The summed E-state index contributed by atoms with van der Waals surface area (Å²) in [5, 5.41) is 0. The standard InChI is InChI=1S/C36H42N2/c1-5-15-31(16-6-1)27-37(28-32-17-7-2-8-18-32)25-26-38(29-33-19-9-3-10-20-33,30-34-21-11-4-12-22-34)36-24-14-13-23-35(36)37/h1-12,15-22,35-36H,13-14,23-30H2/q+2/t35-,36-/m0/s1. The van der Waals surface area contributed by atoms with Crippen molar-refractivity contribution in [3.63, 3.8) is 0 Å². The van der Waals surface area contributed by atoms with Crippen LogP contribution in [-0.4, -0.2) is 34.1 Å². The van der Waals surface area contributed by atoms with Crippen molar-refractivity contribution in [3.8, 4) is 0 Å². The van der Waals surface area contributed by atoms with Gasteiger partial charge in [0.15, 0.2) is 0 Å². The summed E-state index contributed by atoms with van der Waals surface area (Å²) in [6.45, 7) is 6.98. The second-order valence-corrected chi connectivity index (χ2v) is 11.9. The number of fused-ring (bicyclic) bond motifs is 1. The van der Waals surface area contributed by atoms with Crippen LogP contribution in [0.1, 0.15) is 47.9 Å². The van der Waals surface area contributed by atoms with E-state index in [9.17, 15) is 0 Å². The minimum Gasteiger partial charge on any atom is -0.304 e. The van der Waals surface area contributed by atoms with Crippen LogP contribution in [-0.2, 0) is 26.2 Å². The number of nitrogens with zero attached hydrogens (tertiary/aromatic N) is 2. The Morgan fingerprint density at radius 3 is 0.921 bits per heavy atom. The average molecular weight is 503 g/mol. The first-order chi connectivity index (χ1) is 18.7. The molecule has 194 valence electrons. The van der Waals surface area contributed by atoms with Crippen LogP contribution in [0.4, 0.5) is 0 Å². The van der Waals surface area contributed by atoms with Gasteiger partial charge in [0.1, 0.15) is 51.4 Å². The topological polar surface area (TPSA) is 0 Å². The van der Waals surface area contributed by atoms with Gasteiger partial charge in [-0.2, -0.15) is 0 Å². The molecule has 1 aliphatic carbocycles. The second-order valence-electron chi connectivity index (χ2n) is 11.9. The fourth-order valence-electron chi connectivity index (χ4n) is 7.78. The Bertz CT molecular complexity index is 1080. The molecule has 1 heterocycles. The Labute approximate surface area is 229 Å². The maximum atomic E-state index is 2.35. The lowest BCUT2D eigenvalue weighted by Gasteiger charge is -2.60. The highest BCUT2D eigenvalue weighted by Crippen LogP contribution is 2.44. The minimum absolute atomic E-state index is 0.672. The minimum atomic E-state index is 0.672. The van der Waals surface area contributed by atoms with E-state index in [1.165, 1.54) is 70.0 Å². The van der Waals surface area contributed by atoms with Crippen LogP contribution < -0.4 is 0 Å². The molecule has 2 heteroatoms. The third-order valence-electron chi connectivity index (χ3n) is 9.45. The molecule has 0 spiro atoms. The van der Waals surface area contributed by atoms with Gasteiger partial charge in [0.2, 0.25) is 0 Å². The molecule has 4 aromatic rings. The largest absolute Gasteiger partial charge is 0.304 e. The molecule has 2 aliphatic rings. The molecule has 38 heavy (non-hydrogen) atoms. The predicted octanol–water partition coefficient (Wildman–Crippen LogP) is 7.75. The molecule has 2 fully saturated rings. The fraction of sp³-hybridized carbons (Fsp3) is 0.333. The molecule has 4 aromatic carbocycles. The van der Waals surface area contributed by atoms with Gasteiger partial charge in [0.25, 0.3) is 0 Å². The molecule has 0 N–H and O–H groups in total. The molecular weight excluding hydrogens is 460 g/mol. The summed E-state index contributed by atoms with van der Waals surface area (Å²) in [5.41, 5.74) is 5.94. The summed E-state index contributed by atoms with van der Waals surface area (Å²) in [7, 11) is 0. The first kappa shape index (κ1) is 25.1. The van der Waals surface area contributed by atoms with Crippen LogP contribution in [0, 0.1) is 0 Å². The van der Waals surface area contributed by atoms with Crippen molar-refractivity contribution in [1.29, 1.82) is 0 Å². The van der Waals surface area contributed by atoms with Gasteiger partial charge in [-0.3, -0.25) is 0 Å². The van der Waals surface area contributed by atoms with E-state index < -0.39 is 0 Å². The Morgan fingerprint density at radius 1 is 0.395 bits per heavy atom.